The van der Waals surface area contributed by atoms with Crippen molar-refractivity contribution in [2.45, 2.75) is 20.8 Å². The average molecular weight is 227 g/mol. The first kappa shape index (κ1) is 11.4. The molecular formula is C11H15Br. The van der Waals surface area contributed by atoms with Gasteiger partial charge < -0.3 is 0 Å². The molecule has 0 saturated heterocycles. The van der Waals surface area contributed by atoms with E-state index in [1.807, 2.05) is 32.9 Å². The van der Waals surface area contributed by atoms with Crippen molar-refractivity contribution >= 4 is 15.9 Å². The van der Waals surface area contributed by atoms with Gasteiger partial charge in [0.05, 0.1) is 0 Å². The highest BCUT2D eigenvalue weighted by Gasteiger charge is 2.00. The van der Waals surface area contributed by atoms with Gasteiger partial charge in [-0.3, -0.25) is 0 Å². The molecule has 0 fully saturated rings. The second kappa shape index (κ2) is 5.15. The molecule has 66 valence electrons. The molecule has 0 bridgehead atoms. The van der Waals surface area contributed by atoms with Crippen LogP contribution in [-0.2, 0) is 0 Å². The van der Waals surface area contributed by atoms with Gasteiger partial charge in [-0.15, -0.1) is 0 Å². The number of hydrogen-bond acceptors (Lipinski definition) is 0. The lowest BCUT2D eigenvalue weighted by atomic mass is 10.1. The van der Waals surface area contributed by atoms with Crippen molar-refractivity contribution in [2.24, 2.45) is 0 Å². The van der Waals surface area contributed by atoms with Gasteiger partial charge in [-0.1, -0.05) is 46.3 Å². The molecule has 0 heterocycles. The molecule has 0 nitrogen and oxygen atoms in total. The van der Waals surface area contributed by atoms with Crippen LogP contribution in [0.15, 0.2) is 46.5 Å². The van der Waals surface area contributed by atoms with Crippen LogP contribution in [0.4, 0.5) is 0 Å². The van der Waals surface area contributed by atoms with Crippen LogP contribution in [0.2, 0.25) is 0 Å². The molecule has 1 heteroatoms. The SMILES string of the molecule is C=C(C)/C=C(Br)\C(=C\C)C(=C)C. The van der Waals surface area contributed by atoms with Gasteiger partial charge in [0.15, 0.2) is 0 Å². The third-order valence-electron chi connectivity index (χ3n) is 1.38. The number of allylic oxidation sites excluding steroid dienone is 6. The van der Waals surface area contributed by atoms with Crippen LogP contribution in [0.5, 0.6) is 0 Å². The first-order valence-corrected chi connectivity index (χ1v) is 4.63. The monoisotopic (exact) mass is 226 g/mol. The minimum absolute atomic E-state index is 1.03. The van der Waals surface area contributed by atoms with E-state index in [9.17, 15) is 0 Å². The van der Waals surface area contributed by atoms with Gasteiger partial charge in [0.1, 0.15) is 0 Å². The van der Waals surface area contributed by atoms with Crippen LogP contribution in [-0.4, -0.2) is 0 Å². The third-order valence-corrected chi connectivity index (χ3v) is 2.03. The van der Waals surface area contributed by atoms with Crippen molar-refractivity contribution < 1.29 is 0 Å². The van der Waals surface area contributed by atoms with Gasteiger partial charge in [0.25, 0.3) is 0 Å². The minimum Gasteiger partial charge on any atom is -0.0961 e. The molecular weight excluding hydrogens is 212 g/mol. The summed E-state index contributed by atoms with van der Waals surface area (Å²) in [6.07, 6.45) is 4.02. The van der Waals surface area contributed by atoms with E-state index in [0.717, 1.165) is 21.2 Å². The molecule has 0 unspecified atom stereocenters. The standard InChI is InChI=1S/C11H15Br/c1-6-10(9(4)5)11(12)7-8(2)3/h6-7H,2,4H2,1,3,5H3/b10-6+,11-7+. The Morgan fingerprint density at radius 1 is 1.25 bits per heavy atom. The summed E-state index contributed by atoms with van der Waals surface area (Å²) in [6.45, 7) is 13.6. The summed E-state index contributed by atoms with van der Waals surface area (Å²) < 4.78 is 1.05. The van der Waals surface area contributed by atoms with E-state index in [4.69, 9.17) is 0 Å². The summed E-state index contributed by atoms with van der Waals surface area (Å²) in [7, 11) is 0. The first-order valence-electron chi connectivity index (χ1n) is 3.84. The number of rotatable bonds is 3. The highest BCUT2D eigenvalue weighted by molar-refractivity contribution is 9.12. The fraction of sp³-hybridized carbons (Fsp3) is 0.273. The highest BCUT2D eigenvalue weighted by atomic mass is 79.9. The molecule has 0 saturated carbocycles. The summed E-state index contributed by atoms with van der Waals surface area (Å²) >= 11 is 3.48. The maximum Gasteiger partial charge on any atom is 0.0249 e. The zero-order chi connectivity index (χ0) is 9.72. The average Bonchev–Trinajstić information content (AvgIpc) is 1.85. The Hall–Kier alpha value is -0.560. The number of halogens is 1. The van der Waals surface area contributed by atoms with E-state index < -0.39 is 0 Å². The lowest BCUT2D eigenvalue weighted by Crippen LogP contribution is -1.83. The van der Waals surface area contributed by atoms with Crippen LogP contribution in [0, 0.1) is 0 Å². The highest BCUT2D eigenvalue weighted by Crippen LogP contribution is 2.24. The number of hydrogen-bond donors (Lipinski definition) is 0. The maximum atomic E-state index is 3.89. The Bertz CT molecular complexity index is 254. The maximum absolute atomic E-state index is 3.89. The van der Waals surface area contributed by atoms with Gasteiger partial charge in [-0.05, 0) is 32.4 Å². The second-order valence-corrected chi connectivity index (χ2v) is 3.68. The predicted octanol–water partition coefficient (Wildman–Crippen LogP) is 4.36. The van der Waals surface area contributed by atoms with Crippen molar-refractivity contribution in [3.8, 4) is 0 Å². The smallest absolute Gasteiger partial charge is 0.0249 e. The zero-order valence-electron chi connectivity index (χ0n) is 7.95. The first-order chi connectivity index (χ1) is 5.49. The summed E-state index contributed by atoms with van der Waals surface area (Å²) in [5.74, 6) is 0. The van der Waals surface area contributed by atoms with E-state index in [1.54, 1.807) is 0 Å². The minimum atomic E-state index is 1.03. The fourth-order valence-corrected chi connectivity index (χ4v) is 1.84. The van der Waals surface area contributed by atoms with Crippen molar-refractivity contribution in [1.82, 2.24) is 0 Å². The molecule has 0 aromatic carbocycles. The molecule has 0 rings (SSSR count). The summed E-state index contributed by atoms with van der Waals surface area (Å²) in [4.78, 5) is 0. The molecule has 0 N–H and O–H groups in total. The third kappa shape index (κ3) is 3.72. The van der Waals surface area contributed by atoms with Gasteiger partial charge >= 0.3 is 0 Å². The Kier molecular flexibility index (Phi) is 4.91. The van der Waals surface area contributed by atoms with Crippen LogP contribution >= 0.6 is 15.9 Å². The molecule has 0 amide bonds. The molecule has 0 aromatic rings. The molecule has 0 aromatic heterocycles. The van der Waals surface area contributed by atoms with E-state index in [-0.39, 0.29) is 0 Å². The molecule has 0 atom stereocenters. The summed E-state index contributed by atoms with van der Waals surface area (Å²) in [6, 6.07) is 0. The van der Waals surface area contributed by atoms with E-state index in [1.165, 1.54) is 0 Å². The topological polar surface area (TPSA) is 0 Å². The largest absolute Gasteiger partial charge is 0.0961 e. The molecule has 0 aliphatic heterocycles. The summed E-state index contributed by atoms with van der Waals surface area (Å²) in [5.41, 5.74) is 3.22. The Morgan fingerprint density at radius 2 is 1.75 bits per heavy atom. The molecule has 0 radical (unpaired) electrons. The lowest BCUT2D eigenvalue weighted by Gasteiger charge is -2.04. The van der Waals surface area contributed by atoms with Gasteiger partial charge in [0.2, 0.25) is 0 Å². The van der Waals surface area contributed by atoms with Gasteiger partial charge in [-0.2, -0.15) is 0 Å². The lowest BCUT2D eigenvalue weighted by molar-refractivity contribution is 1.40. The van der Waals surface area contributed by atoms with Crippen molar-refractivity contribution in [2.75, 3.05) is 0 Å². The van der Waals surface area contributed by atoms with E-state index >= 15 is 0 Å². The zero-order valence-corrected chi connectivity index (χ0v) is 9.53. The van der Waals surface area contributed by atoms with Crippen LogP contribution in [0.1, 0.15) is 20.8 Å². The quantitative estimate of drug-likeness (QED) is 0.628. The summed E-state index contributed by atoms with van der Waals surface area (Å²) in [5, 5.41) is 0. The molecule has 0 spiro atoms. The van der Waals surface area contributed by atoms with Crippen molar-refractivity contribution in [1.29, 1.82) is 0 Å². The fourth-order valence-electron chi connectivity index (χ4n) is 0.882. The molecule has 12 heavy (non-hydrogen) atoms. The van der Waals surface area contributed by atoms with E-state index in [2.05, 4.69) is 29.1 Å². The van der Waals surface area contributed by atoms with Gasteiger partial charge in [-0.25, -0.2) is 0 Å². The Morgan fingerprint density at radius 3 is 2.00 bits per heavy atom. The van der Waals surface area contributed by atoms with Crippen molar-refractivity contribution in [3.63, 3.8) is 0 Å². The predicted molar refractivity (Wildman–Crippen MR) is 60.4 cm³/mol. The second-order valence-electron chi connectivity index (χ2n) is 2.82. The molecule has 0 aliphatic rings. The van der Waals surface area contributed by atoms with Crippen LogP contribution in [0.3, 0.4) is 0 Å². The van der Waals surface area contributed by atoms with Crippen LogP contribution < -0.4 is 0 Å². The van der Waals surface area contributed by atoms with E-state index in [0.29, 0.717) is 0 Å². The van der Waals surface area contributed by atoms with Gasteiger partial charge in [0, 0.05) is 4.48 Å². The normalized spacial score (nSPS) is 13.0. The Balaban J connectivity index is 4.78. The molecule has 0 aliphatic carbocycles. The Labute approximate surface area is 83.5 Å². The van der Waals surface area contributed by atoms with Crippen molar-refractivity contribution in [3.05, 3.63) is 46.5 Å². The van der Waals surface area contributed by atoms with Crippen LogP contribution in [0.25, 0.3) is 0 Å².